The van der Waals surface area contributed by atoms with Gasteiger partial charge in [0.25, 0.3) is 0 Å². The number of rotatable bonds is 0. The fourth-order valence-electron chi connectivity index (χ4n) is 8.23. The van der Waals surface area contributed by atoms with Crippen LogP contribution in [0.3, 0.4) is 0 Å². The summed E-state index contributed by atoms with van der Waals surface area (Å²) in [5.74, 6) is 0.457. The van der Waals surface area contributed by atoms with Crippen molar-refractivity contribution in [2.45, 2.75) is 76.5 Å². The van der Waals surface area contributed by atoms with Crippen LogP contribution in [0.5, 0.6) is 0 Å². The first-order chi connectivity index (χ1) is 13.4. The second kappa shape index (κ2) is 5.82. The van der Waals surface area contributed by atoms with E-state index in [-0.39, 0.29) is 16.9 Å². The zero-order valence-corrected chi connectivity index (χ0v) is 17.2. The summed E-state index contributed by atoms with van der Waals surface area (Å²) in [4.78, 5) is 0. The molecule has 0 bridgehead atoms. The van der Waals surface area contributed by atoms with Gasteiger partial charge < -0.3 is 24.1 Å². The fraction of sp³-hybridized carbons (Fsp3) is 0.913. The van der Waals surface area contributed by atoms with Crippen LogP contribution in [0, 0.1) is 28.6 Å². The molecule has 28 heavy (non-hydrogen) atoms. The number of hydrogen-bond donors (Lipinski definition) is 1. The highest BCUT2D eigenvalue weighted by Crippen LogP contribution is 2.69. The Morgan fingerprint density at radius 2 is 1.54 bits per heavy atom. The van der Waals surface area contributed by atoms with Gasteiger partial charge in [0.2, 0.25) is 0 Å². The molecule has 0 unspecified atom stereocenters. The molecule has 2 heterocycles. The zero-order chi connectivity index (χ0) is 19.2. The Kier molecular flexibility index (Phi) is 3.81. The van der Waals surface area contributed by atoms with Crippen molar-refractivity contribution < 1.29 is 24.1 Å². The van der Waals surface area contributed by atoms with Crippen molar-refractivity contribution in [3.05, 3.63) is 11.6 Å². The van der Waals surface area contributed by atoms with Gasteiger partial charge in [0, 0.05) is 24.7 Å². The Balaban J connectivity index is 1.35. The average Bonchev–Trinajstić information content (AvgIpc) is 3.39. The average molecular weight is 391 g/mol. The van der Waals surface area contributed by atoms with Gasteiger partial charge in [0.1, 0.15) is 0 Å². The summed E-state index contributed by atoms with van der Waals surface area (Å²) in [6, 6.07) is 0. The molecule has 2 aliphatic heterocycles. The van der Waals surface area contributed by atoms with E-state index in [9.17, 15) is 5.11 Å². The fourth-order valence-corrected chi connectivity index (χ4v) is 8.23. The first kappa shape index (κ1) is 18.3. The normalized spacial score (nSPS) is 51.0. The van der Waals surface area contributed by atoms with E-state index in [1.165, 1.54) is 5.57 Å². The summed E-state index contributed by atoms with van der Waals surface area (Å²) in [6.07, 6.45) is 9.03. The zero-order valence-electron chi connectivity index (χ0n) is 17.2. The maximum atomic E-state index is 11.3. The van der Waals surface area contributed by atoms with Gasteiger partial charge in [0.05, 0.1) is 32.5 Å². The van der Waals surface area contributed by atoms with E-state index in [2.05, 4.69) is 19.9 Å². The van der Waals surface area contributed by atoms with E-state index in [1.807, 2.05) is 0 Å². The molecule has 6 atom stereocenters. The summed E-state index contributed by atoms with van der Waals surface area (Å²) in [5.41, 5.74) is 1.54. The summed E-state index contributed by atoms with van der Waals surface area (Å²) < 4.78 is 24.5. The number of aliphatic hydroxyl groups excluding tert-OH is 1. The first-order valence-corrected chi connectivity index (χ1v) is 11.4. The molecule has 1 N–H and O–H groups in total. The predicted octanol–water partition coefficient (Wildman–Crippen LogP) is 3.41. The van der Waals surface area contributed by atoms with Gasteiger partial charge in [-0.1, -0.05) is 25.5 Å². The minimum absolute atomic E-state index is 0.0148. The molecule has 0 aromatic carbocycles. The van der Waals surface area contributed by atoms with Crippen molar-refractivity contribution >= 4 is 0 Å². The van der Waals surface area contributed by atoms with Crippen LogP contribution in [-0.4, -0.2) is 49.2 Å². The molecule has 5 nitrogen and oxygen atoms in total. The van der Waals surface area contributed by atoms with Gasteiger partial charge in [-0.15, -0.1) is 0 Å². The van der Waals surface area contributed by atoms with Gasteiger partial charge in [-0.2, -0.15) is 0 Å². The van der Waals surface area contributed by atoms with E-state index in [1.54, 1.807) is 0 Å². The van der Waals surface area contributed by atoms with Gasteiger partial charge in [0.15, 0.2) is 11.6 Å². The van der Waals surface area contributed by atoms with E-state index in [0.717, 1.165) is 44.9 Å². The molecule has 6 rings (SSSR count). The largest absolute Gasteiger partial charge is 0.389 e. The molecule has 0 aromatic rings. The van der Waals surface area contributed by atoms with Gasteiger partial charge in [-0.3, -0.25) is 0 Å². The van der Waals surface area contributed by atoms with Crippen molar-refractivity contribution in [1.82, 2.24) is 0 Å². The molecule has 4 aliphatic carbocycles. The second-order valence-corrected chi connectivity index (χ2v) is 10.6. The summed E-state index contributed by atoms with van der Waals surface area (Å²) >= 11 is 0. The molecular formula is C23H34O5. The van der Waals surface area contributed by atoms with Crippen molar-refractivity contribution in [3.8, 4) is 0 Å². The highest BCUT2D eigenvalue weighted by atomic mass is 16.7. The molecule has 3 saturated carbocycles. The lowest BCUT2D eigenvalue weighted by molar-refractivity contribution is -0.248. The number of aliphatic hydroxyl groups is 1. The van der Waals surface area contributed by atoms with Crippen molar-refractivity contribution in [2.24, 2.45) is 28.6 Å². The molecule has 6 aliphatic rings. The second-order valence-electron chi connectivity index (χ2n) is 10.6. The summed E-state index contributed by atoms with van der Waals surface area (Å²) in [7, 11) is 0. The Bertz CT molecular complexity index is 691. The molecule has 2 saturated heterocycles. The summed E-state index contributed by atoms with van der Waals surface area (Å²) in [5, 5.41) is 11.3. The Morgan fingerprint density at radius 3 is 2.29 bits per heavy atom. The van der Waals surface area contributed by atoms with Crippen LogP contribution in [0.25, 0.3) is 0 Å². The topological polar surface area (TPSA) is 57.2 Å². The molecule has 0 aromatic heterocycles. The van der Waals surface area contributed by atoms with Crippen molar-refractivity contribution in [1.29, 1.82) is 0 Å². The van der Waals surface area contributed by atoms with Gasteiger partial charge in [-0.25, -0.2) is 0 Å². The summed E-state index contributed by atoms with van der Waals surface area (Å²) in [6.45, 7) is 7.63. The van der Waals surface area contributed by atoms with Crippen LogP contribution < -0.4 is 0 Å². The van der Waals surface area contributed by atoms with Crippen molar-refractivity contribution in [2.75, 3.05) is 26.4 Å². The van der Waals surface area contributed by atoms with Crippen LogP contribution in [0.4, 0.5) is 0 Å². The molecule has 2 spiro atoms. The smallest absolute Gasteiger partial charge is 0.174 e. The molecule has 156 valence electrons. The molecule has 5 fully saturated rings. The third-order valence-electron chi connectivity index (χ3n) is 9.75. The lowest BCUT2D eigenvalue weighted by Crippen LogP contribution is -2.58. The molecule has 5 heteroatoms. The molecular weight excluding hydrogens is 356 g/mol. The lowest BCUT2D eigenvalue weighted by atomic mass is 9.47. The van der Waals surface area contributed by atoms with Crippen LogP contribution in [0.1, 0.15) is 58.8 Å². The van der Waals surface area contributed by atoms with E-state index in [4.69, 9.17) is 18.9 Å². The van der Waals surface area contributed by atoms with E-state index >= 15 is 0 Å². The minimum Gasteiger partial charge on any atom is -0.389 e. The third kappa shape index (κ3) is 2.15. The minimum atomic E-state index is -0.427. The molecule has 0 amide bonds. The van der Waals surface area contributed by atoms with E-state index in [0.29, 0.717) is 44.2 Å². The van der Waals surface area contributed by atoms with Crippen molar-refractivity contribution in [3.63, 3.8) is 0 Å². The monoisotopic (exact) mass is 390 g/mol. The number of hydrogen-bond acceptors (Lipinski definition) is 5. The standard InChI is InChI=1S/C23H34O5/c1-20-7-8-22(25-9-10-26-22)14-15(20)13-18(24)19-16(20)3-5-21(2)17(19)4-6-23(21)27-11-12-28-23/h13,16-19,24H,3-12,14H2,1-2H3/t16-,17-,18-,19+,20-,21-/m0/s1. The van der Waals surface area contributed by atoms with Gasteiger partial charge >= 0.3 is 0 Å². The maximum Gasteiger partial charge on any atom is 0.174 e. The third-order valence-corrected chi connectivity index (χ3v) is 9.75. The Morgan fingerprint density at radius 1 is 0.857 bits per heavy atom. The number of ether oxygens (including phenoxy) is 4. The maximum absolute atomic E-state index is 11.3. The Hall–Kier alpha value is -0.460. The quantitative estimate of drug-likeness (QED) is 0.643. The lowest BCUT2D eigenvalue weighted by Gasteiger charge is -2.60. The van der Waals surface area contributed by atoms with E-state index < -0.39 is 11.6 Å². The SMILES string of the molecule is C[C@]12CCC3(CC1=C[C@H](O)[C@@H]1[C@@H]2CC[C@@]2(C)[C@H]1CCC21OCCO1)OCCO3. The number of fused-ring (bicyclic) bond motifs is 6. The van der Waals surface area contributed by atoms with Crippen LogP contribution in [0.2, 0.25) is 0 Å². The van der Waals surface area contributed by atoms with Gasteiger partial charge in [-0.05, 0) is 48.9 Å². The van der Waals surface area contributed by atoms with Crippen LogP contribution >= 0.6 is 0 Å². The van der Waals surface area contributed by atoms with Crippen LogP contribution in [0.15, 0.2) is 11.6 Å². The predicted molar refractivity (Wildman–Crippen MR) is 102 cm³/mol. The Labute approximate surface area is 167 Å². The first-order valence-electron chi connectivity index (χ1n) is 11.4. The highest BCUT2D eigenvalue weighted by molar-refractivity contribution is 5.29. The van der Waals surface area contributed by atoms with Crippen LogP contribution in [-0.2, 0) is 18.9 Å². The molecule has 0 radical (unpaired) electrons. The highest BCUT2D eigenvalue weighted by Gasteiger charge is 2.68.